The van der Waals surface area contributed by atoms with Crippen molar-refractivity contribution < 1.29 is 14.3 Å². The number of rotatable bonds is 2. The molecule has 5 heteroatoms. The van der Waals surface area contributed by atoms with Crippen molar-refractivity contribution in [1.29, 1.82) is 0 Å². The summed E-state index contributed by atoms with van der Waals surface area (Å²) >= 11 is 0. The van der Waals surface area contributed by atoms with Crippen LogP contribution >= 0.6 is 0 Å². The van der Waals surface area contributed by atoms with Gasteiger partial charge in [-0.05, 0) is 39.0 Å². The summed E-state index contributed by atoms with van der Waals surface area (Å²) in [7, 11) is 1.65. The smallest absolute Gasteiger partial charge is 0.414 e. The number of para-hydroxylation sites is 3. The standard InChI is InChI=1S/C20H24N2O3/c1-20(2,3)25-19(23)22-13-16(14-9-5-8-12-18(14)24-4)21-15-10-6-7-11-17(15)22/h5-12,16,21H,13H2,1-4H3. The molecule has 1 aliphatic heterocycles. The number of ether oxygens (including phenoxy) is 2. The van der Waals surface area contributed by atoms with Crippen LogP contribution in [0.5, 0.6) is 5.75 Å². The molecule has 5 nitrogen and oxygen atoms in total. The lowest BCUT2D eigenvalue weighted by Gasteiger charge is -2.37. The van der Waals surface area contributed by atoms with Gasteiger partial charge in [0.25, 0.3) is 0 Å². The number of amides is 1. The maximum absolute atomic E-state index is 12.8. The number of carbonyl (C=O) groups is 1. The normalized spacial score (nSPS) is 16.6. The fourth-order valence-electron chi connectivity index (χ4n) is 2.97. The molecule has 1 amide bonds. The minimum Gasteiger partial charge on any atom is -0.496 e. The van der Waals surface area contributed by atoms with E-state index in [2.05, 4.69) is 5.32 Å². The number of benzene rings is 2. The lowest BCUT2D eigenvalue weighted by atomic mass is 10.0. The molecule has 0 saturated heterocycles. The second-order valence-corrected chi connectivity index (χ2v) is 7.05. The Morgan fingerprint density at radius 1 is 1.12 bits per heavy atom. The van der Waals surface area contributed by atoms with Crippen LogP contribution in [0.3, 0.4) is 0 Å². The van der Waals surface area contributed by atoms with E-state index >= 15 is 0 Å². The van der Waals surface area contributed by atoms with E-state index in [1.807, 2.05) is 69.3 Å². The van der Waals surface area contributed by atoms with E-state index in [0.29, 0.717) is 6.54 Å². The van der Waals surface area contributed by atoms with E-state index in [0.717, 1.165) is 22.7 Å². The highest BCUT2D eigenvalue weighted by Gasteiger charge is 2.32. The Morgan fingerprint density at radius 3 is 2.52 bits per heavy atom. The third-order valence-electron chi connectivity index (χ3n) is 4.02. The molecule has 132 valence electrons. The number of hydrogen-bond donors (Lipinski definition) is 1. The van der Waals surface area contributed by atoms with Gasteiger partial charge in [-0.25, -0.2) is 4.79 Å². The molecule has 0 saturated carbocycles. The lowest BCUT2D eigenvalue weighted by Crippen LogP contribution is -2.43. The third-order valence-corrected chi connectivity index (χ3v) is 4.02. The Kier molecular flexibility index (Phi) is 4.57. The molecule has 1 N–H and O–H groups in total. The molecule has 0 fully saturated rings. The molecule has 25 heavy (non-hydrogen) atoms. The minimum atomic E-state index is -0.545. The van der Waals surface area contributed by atoms with Gasteiger partial charge in [-0.1, -0.05) is 30.3 Å². The number of methoxy groups -OCH3 is 1. The zero-order valence-corrected chi connectivity index (χ0v) is 15.1. The van der Waals surface area contributed by atoms with Gasteiger partial charge >= 0.3 is 6.09 Å². The van der Waals surface area contributed by atoms with Crippen molar-refractivity contribution in [2.45, 2.75) is 32.4 Å². The Bertz CT molecular complexity index is 768. The molecule has 3 rings (SSSR count). The molecule has 1 unspecified atom stereocenters. The van der Waals surface area contributed by atoms with Crippen LogP contribution in [0.1, 0.15) is 32.4 Å². The highest BCUT2D eigenvalue weighted by molar-refractivity contribution is 5.94. The van der Waals surface area contributed by atoms with E-state index in [1.165, 1.54) is 0 Å². The quantitative estimate of drug-likeness (QED) is 0.868. The summed E-state index contributed by atoms with van der Waals surface area (Å²) in [5.74, 6) is 0.795. The first-order valence-electron chi connectivity index (χ1n) is 8.38. The molecule has 1 aliphatic rings. The number of fused-ring (bicyclic) bond motifs is 1. The van der Waals surface area contributed by atoms with Gasteiger partial charge in [0.2, 0.25) is 0 Å². The van der Waals surface area contributed by atoms with Crippen molar-refractivity contribution in [2.24, 2.45) is 0 Å². The predicted octanol–water partition coefficient (Wildman–Crippen LogP) is 4.60. The number of anilines is 2. The van der Waals surface area contributed by atoms with Crippen molar-refractivity contribution >= 4 is 17.5 Å². The summed E-state index contributed by atoms with van der Waals surface area (Å²) in [6.45, 7) is 6.08. The van der Waals surface area contributed by atoms with Crippen molar-refractivity contribution in [1.82, 2.24) is 0 Å². The molecule has 0 spiro atoms. The van der Waals surface area contributed by atoms with E-state index in [4.69, 9.17) is 9.47 Å². The molecule has 2 aromatic carbocycles. The van der Waals surface area contributed by atoms with E-state index in [9.17, 15) is 4.79 Å². The van der Waals surface area contributed by atoms with E-state index in [-0.39, 0.29) is 12.1 Å². The molecule has 2 aromatic rings. The predicted molar refractivity (Wildman–Crippen MR) is 99.4 cm³/mol. The molecule has 0 aromatic heterocycles. The zero-order chi connectivity index (χ0) is 18.0. The first-order valence-corrected chi connectivity index (χ1v) is 8.38. The van der Waals surface area contributed by atoms with Crippen LogP contribution in [0.25, 0.3) is 0 Å². The zero-order valence-electron chi connectivity index (χ0n) is 15.1. The molecular formula is C20H24N2O3. The fraction of sp³-hybridized carbons (Fsp3) is 0.350. The summed E-state index contributed by atoms with van der Waals surface area (Å²) in [5, 5.41) is 3.51. The van der Waals surface area contributed by atoms with Crippen LogP contribution in [0.4, 0.5) is 16.2 Å². The van der Waals surface area contributed by atoms with Crippen LogP contribution < -0.4 is 15.0 Å². The Hall–Kier alpha value is -2.69. The van der Waals surface area contributed by atoms with Crippen molar-refractivity contribution in [3.05, 3.63) is 54.1 Å². The number of nitrogens with zero attached hydrogens (tertiary/aromatic N) is 1. The van der Waals surface area contributed by atoms with E-state index in [1.54, 1.807) is 12.0 Å². The van der Waals surface area contributed by atoms with E-state index < -0.39 is 5.60 Å². The topological polar surface area (TPSA) is 50.8 Å². The van der Waals surface area contributed by atoms with Crippen LogP contribution in [0.2, 0.25) is 0 Å². The van der Waals surface area contributed by atoms with Gasteiger partial charge in [0.15, 0.2) is 0 Å². The van der Waals surface area contributed by atoms with Crippen molar-refractivity contribution in [3.8, 4) is 5.75 Å². The highest BCUT2D eigenvalue weighted by Crippen LogP contribution is 2.38. The monoisotopic (exact) mass is 340 g/mol. The molecular weight excluding hydrogens is 316 g/mol. The molecule has 0 aliphatic carbocycles. The summed E-state index contributed by atoms with van der Waals surface area (Å²) < 4.78 is 11.1. The second kappa shape index (κ2) is 6.67. The number of carbonyl (C=O) groups excluding carboxylic acids is 1. The minimum absolute atomic E-state index is 0.0847. The molecule has 1 heterocycles. The van der Waals surface area contributed by atoms with Gasteiger partial charge in [-0.2, -0.15) is 0 Å². The molecule has 1 atom stereocenters. The van der Waals surface area contributed by atoms with Gasteiger partial charge in [0, 0.05) is 5.56 Å². The summed E-state index contributed by atoms with van der Waals surface area (Å²) in [4.78, 5) is 14.4. The van der Waals surface area contributed by atoms with Gasteiger partial charge in [0.05, 0.1) is 31.1 Å². The maximum atomic E-state index is 12.8. The maximum Gasteiger partial charge on any atom is 0.414 e. The van der Waals surface area contributed by atoms with Gasteiger partial charge in [0.1, 0.15) is 11.4 Å². The first kappa shape index (κ1) is 17.1. The average Bonchev–Trinajstić information content (AvgIpc) is 2.59. The SMILES string of the molecule is COc1ccccc1C1CN(C(=O)OC(C)(C)C)c2ccccc2N1. The molecule has 0 radical (unpaired) electrons. The third kappa shape index (κ3) is 3.71. The van der Waals surface area contributed by atoms with Crippen LogP contribution in [-0.2, 0) is 4.74 Å². The van der Waals surface area contributed by atoms with Crippen LogP contribution in [0, 0.1) is 0 Å². The van der Waals surface area contributed by atoms with Gasteiger partial charge in [-0.15, -0.1) is 0 Å². The summed E-state index contributed by atoms with van der Waals surface area (Å²) in [6.07, 6.45) is -0.346. The second-order valence-electron chi connectivity index (χ2n) is 7.05. The number of nitrogens with one attached hydrogen (secondary N) is 1. The Labute approximate surface area is 148 Å². The van der Waals surface area contributed by atoms with Gasteiger partial charge in [-0.3, -0.25) is 4.90 Å². The van der Waals surface area contributed by atoms with Crippen LogP contribution in [-0.4, -0.2) is 25.3 Å². The highest BCUT2D eigenvalue weighted by atomic mass is 16.6. The van der Waals surface area contributed by atoms with Gasteiger partial charge < -0.3 is 14.8 Å². The van der Waals surface area contributed by atoms with Crippen molar-refractivity contribution in [3.63, 3.8) is 0 Å². The Morgan fingerprint density at radius 2 is 1.80 bits per heavy atom. The average molecular weight is 340 g/mol. The first-order chi connectivity index (χ1) is 11.9. The number of hydrogen-bond acceptors (Lipinski definition) is 4. The summed E-state index contributed by atoms with van der Waals surface area (Å²) in [5.41, 5.74) is 2.18. The lowest BCUT2D eigenvalue weighted by molar-refractivity contribution is 0.0577. The fourth-order valence-corrected chi connectivity index (χ4v) is 2.97. The van der Waals surface area contributed by atoms with Crippen LogP contribution in [0.15, 0.2) is 48.5 Å². The largest absolute Gasteiger partial charge is 0.496 e. The molecule has 0 bridgehead atoms. The Balaban J connectivity index is 1.97. The summed E-state index contributed by atoms with van der Waals surface area (Å²) in [6, 6.07) is 15.5. The van der Waals surface area contributed by atoms with Crippen molar-refractivity contribution in [2.75, 3.05) is 23.9 Å².